The van der Waals surface area contributed by atoms with Crippen molar-refractivity contribution in [1.82, 2.24) is 0 Å². The molecule has 2 heteroatoms. The quantitative estimate of drug-likeness (QED) is 0.865. The van der Waals surface area contributed by atoms with E-state index in [-0.39, 0.29) is 6.10 Å². The van der Waals surface area contributed by atoms with E-state index in [2.05, 4.69) is 0 Å². The molecule has 1 aliphatic carbocycles. The summed E-state index contributed by atoms with van der Waals surface area (Å²) in [6.07, 6.45) is 5.77. The average molecular weight is 234 g/mol. The van der Waals surface area contributed by atoms with Gasteiger partial charge in [-0.2, -0.15) is 0 Å². The van der Waals surface area contributed by atoms with Crippen LogP contribution in [0.15, 0.2) is 30.3 Å². The lowest BCUT2D eigenvalue weighted by atomic mass is 9.83. The molecule has 0 spiro atoms. The maximum absolute atomic E-state index is 9.90. The summed E-state index contributed by atoms with van der Waals surface area (Å²) in [5.74, 6) is 1.37. The zero-order valence-corrected chi connectivity index (χ0v) is 10.5. The summed E-state index contributed by atoms with van der Waals surface area (Å²) in [7, 11) is 0. The Balaban J connectivity index is 2.01. The van der Waals surface area contributed by atoms with Crippen LogP contribution in [0.1, 0.15) is 39.0 Å². The third kappa shape index (κ3) is 3.47. The topological polar surface area (TPSA) is 29.5 Å². The molecular formula is C15H22O2. The lowest BCUT2D eigenvalue weighted by molar-refractivity contribution is -0.000338. The van der Waals surface area contributed by atoms with Crippen molar-refractivity contribution >= 4 is 0 Å². The van der Waals surface area contributed by atoms with E-state index in [4.69, 9.17) is 4.74 Å². The third-order valence-electron chi connectivity index (χ3n) is 3.61. The first kappa shape index (κ1) is 12.4. The van der Waals surface area contributed by atoms with Gasteiger partial charge in [-0.1, -0.05) is 37.5 Å². The van der Waals surface area contributed by atoms with Crippen LogP contribution in [0.2, 0.25) is 0 Å². The molecule has 0 radical (unpaired) electrons. The van der Waals surface area contributed by atoms with E-state index in [1.165, 1.54) is 32.1 Å². The molecule has 2 rings (SSSR count). The van der Waals surface area contributed by atoms with E-state index in [0.29, 0.717) is 5.92 Å². The Morgan fingerprint density at radius 3 is 2.35 bits per heavy atom. The van der Waals surface area contributed by atoms with E-state index >= 15 is 0 Å². The minimum absolute atomic E-state index is 0.0577. The first-order valence-electron chi connectivity index (χ1n) is 6.67. The molecule has 2 nitrogen and oxygen atoms in total. The van der Waals surface area contributed by atoms with Crippen molar-refractivity contribution in [2.45, 2.75) is 51.2 Å². The molecule has 0 aromatic heterocycles. The van der Waals surface area contributed by atoms with E-state index in [9.17, 15) is 5.11 Å². The number of hydrogen-bond donors (Lipinski definition) is 1. The highest BCUT2D eigenvalue weighted by molar-refractivity contribution is 5.21. The Morgan fingerprint density at radius 2 is 1.76 bits per heavy atom. The highest BCUT2D eigenvalue weighted by Gasteiger charge is 2.28. The van der Waals surface area contributed by atoms with Crippen LogP contribution in [0.4, 0.5) is 0 Å². The second-order valence-electron chi connectivity index (χ2n) is 5.03. The van der Waals surface area contributed by atoms with Gasteiger partial charge in [-0.05, 0) is 37.8 Å². The van der Waals surface area contributed by atoms with Gasteiger partial charge in [0, 0.05) is 0 Å². The Morgan fingerprint density at radius 1 is 1.12 bits per heavy atom. The van der Waals surface area contributed by atoms with Gasteiger partial charge in [-0.25, -0.2) is 0 Å². The zero-order valence-electron chi connectivity index (χ0n) is 10.5. The summed E-state index contributed by atoms with van der Waals surface area (Å²) in [6, 6.07) is 9.83. The van der Waals surface area contributed by atoms with Gasteiger partial charge < -0.3 is 9.84 Å². The van der Waals surface area contributed by atoms with Crippen molar-refractivity contribution < 1.29 is 9.84 Å². The lowest BCUT2D eigenvalue weighted by Gasteiger charge is -2.32. The summed E-state index contributed by atoms with van der Waals surface area (Å²) < 4.78 is 5.97. The Hall–Kier alpha value is -1.02. The fourth-order valence-electron chi connectivity index (χ4n) is 2.71. The first-order chi connectivity index (χ1) is 8.27. The standard InChI is InChI=1S/C15H22O2/c1-12(16)15(13-8-4-2-5-9-13)17-14-10-6-3-7-11-14/h3,6-7,10-13,15-16H,2,4-5,8-9H2,1H3/t12-,15?/m0/s1. The van der Waals surface area contributed by atoms with E-state index in [1.54, 1.807) is 0 Å². The summed E-state index contributed by atoms with van der Waals surface area (Å²) >= 11 is 0. The van der Waals surface area contributed by atoms with Crippen LogP contribution in [0.3, 0.4) is 0 Å². The number of rotatable bonds is 4. The van der Waals surface area contributed by atoms with Crippen LogP contribution in [-0.4, -0.2) is 17.3 Å². The summed E-state index contributed by atoms with van der Waals surface area (Å²) in [6.45, 7) is 1.84. The molecular weight excluding hydrogens is 212 g/mol. The van der Waals surface area contributed by atoms with Crippen LogP contribution in [-0.2, 0) is 0 Å². The Bertz CT molecular complexity index is 315. The second kappa shape index (κ2) is 6.06. The smallest absolute Gasteiger partial charge is 0.127 e. The van der Waals surface area contributed by atoms with Gasteiger partial charge in [-0.3, -0.25) is 0 Å². The number of aliphatic hydroxyl groups excluding tert-OH is 1. The van der Waals surface area contributed by atoms with Crippen molar-refractivity contribution in [1.29, 1.82) is 0 Å². The van der Waals surface area contributed by atoms with Crippen LogP contribution < -0.4 is 4.74 Å². The predicted octanol–water partition coefficient (Wildman–Crippen LogP) is 3.40. The van der Waals surface area contributed by atoms with Crippen LogP contribution >= 0.6 is 0 Å². The van der Waals surface area contributed by atoms with Gasteiger partial charge in [0.2, 0.25) is 0 Å². The molecule has 0 aliphatic heterocycles. The predicted molar refractivity (Wildman–Crippen MR) is 69.1 cm³/mol. The van der Waals surface area contributed by atoms with Crippen LogP contribution in [0, 0.1) is 5.92 Å². The molecule has 1 N–H and O–H groups in total. The highest BCUT2D eigenvalue weighted by atomic mass is 16.5. The van der Waals surface area contributed by atoms with Gasteiger partial charge in [0.1, 0.15) is 11.9 Å². The molecule has 0 bridgehead atoms. The molecule has 94 valence electrons. The number of aliphatic hydroxyl groups is 1. The molecule has 17 heavy (non-hydrogen) atoms. The highest BCUT2D eigenvalue weighted by Crippen LogP contribution is 2.30. The second-order valence-corrected chi connectivity index (χ2v) is 5.03. The van der Waals surface area contributed by atoms with E-state index in [1.807, 2.05) is 37.3 Å². The molecule has 0 heterocycles. The molecule has 1 saturated carbocycles. The van der Waals surface area contributed by atoms with Gasteiger partial charge in [0.05, 0.1) is 6.10 Å². The Kier molecular flexibility index (Phi) is 4.43. The number of benzene rings is 1. The Labute approximate surface area is 104 Å². The molecule has 1 aromatic rings. The van der Waals surface area contributed by atoms with Crippen molar-refractivity contribution in [3.05, 3.63) is 30.3 Å². The molecule has 0 saturated heterocycles. The monoisotopic (exact) mass is 234 g/mol. The molecule has 0 amide bonds. The largest absolute Gasteiger partial charge is 0.487 e. The average Bonchev–Trinajstić information content (AvgIpc) is 2.38. The summed E-state index contributed by atoms with van der Waals surface area (Å²) in [4.78, 5) is 0. The lowest BCUT2D eigenvalue weighted by Crippen LogP contribution is -2.37. The fraction of sp³-hybridized carbons (Fsp3) is 0.600. The minimum atomic E-state index is -0.404. The van der Waals surface area contributed by atoms with Crippen molar-refractivity contribution in [3.63, 3.8) is 0 Å². The fourth-order valence-corrected chi connectivity index (χ4v) is 2.71. The first-order valence-corrected chi connectivity index (χ1v) is 6.67. The van der Waals surface area contributed by atoms with E-state index in [0.717, 1.165) is 5.75 Å². The van der Waals surface area contributed by atoms with Crippen LogP contribution in [0.25, 0.3) is 0 Å². The third-order valence-corrected chi connectivity index (χ3v) is 3.61. The summed E-state index contributed by atoms with van der Waals surface area (Å²) in [5, 5.41) is 9.90. The van der Waals surface area contributed by atoms with Crippen molar-refractivity contribution in [2.24, 2.45) is 5.92 Å². The maximum atomic E-state index is 9.90. The maximum Gasteiger partial charge on any atom is 0.127 e. The minimum Gasteiger partial charge on any atom is -0.487 e. The zero-order chi connectivity index (χ0) is 12.1. The van der Waals surface area contributed by atoms with Crippen molar-refractivity contribution in [2.75, 3.05) is 0 Å². The van der Waals surface area contributed by atoms with Gasteiger partial charge in [0.25, 0.3) is 0 Å². The molecule has 1 aliphatic rings. The SMILES string of the molecule is C[C@H](O)C(Oc1ccccc1)C1CCCCC1. The van der Waals surface area contributed by atoms with Crippen LogP contribution in [0.5, 0.6) is 5.75 Å². The van der Waals surface area contributed by atoms with E-state index < -0.39 is 6.10 Å². The summed E-state index contributed by atoms with van der Waals surface area (Å²) in [5.41, 5.74) is 0. The van der Waals surface area contributed by atoms with Crippen molar-refractivity contribution in [3.8, 4) is 5.75 Å². The normalized spacial score (nSPS) is 20.8. The number of para-hydroxylation sites is 1. The van der Waals surface area contributed by atoms with Gasteiger partial charge >= 0.3 is 0 Å². The molecule has 1 unspecified atom stereocenters. The molecule has 1 aromatic carbocycles. The molecule has 1 fully saturated rings. The number of ether oxygens (including phenoxy) is 1. The van der Waals surface area contributed by atoms with Gasteiger partial charge in [-0.15, -0.1) is 0 Å². The molecule has 2 atom stereocenters. The van der Waals surface area contributed by atoms with Gasteiger partial charge in [0.15, 0.2) is 0 Å². The number of hydrogen-bond acceptors (Lipinski definition) is 2.